The summed E-state index contributed by atoms with van der Waals surface area (Å²) in [6.07, 6.45) is 7.45. The molecule has 0 radical (unpaired) electrons. The van der Waals surface area contributed by atoms with Gasteiger partial charge >= 0.3 is 5.97 Å². The van der Waals surface area contributed by atoms with Crippen LogP contribution < -0.4 is 0 Å². The maximum Gasteiger partial charge on any atom is 0.319 e. The van der Waals surface area contributed by atoms with Gasteiger partial charge in [0.2, 0.25) is 0 Å². The van der Waals surface area contributed by atoms with Gasteiger partial charge in [-0.25, -0.2) is 0 Å². The summed E-state index contributed by atoms with van der Waals surface area (Å²) < 4.78 is 7.14. The summed E-state index contributed by atoms with van der Waals surface area (Å²) in [4.78, 5) is 14.5. The molecular formula is C19H23N3O2S2. The number of carbonyl (C=O) groups is 1. The molecule has 7 heteroatoms. The molecule has 2 aliphatic rings. The Hall–Kier alpha value is -1.60. The highest BCUT2D eigenvalue weighted by Gasteiger charge is 2.30. The van der Waals surface area contributed by atoms with E-state index in [0.717, 1.165) is 23.3 Å². The average molecular weight is 390 g/mol. The molecule has 4 rings (SSSR count). The van der Waals surface area contributed by atoms with E-state index in [1.165, 1.54) is 52.8 Å². The second-order valence-electron chi connectivity index (χ2n) is 6.84. The molecule has 3 heterocycles. The van der Waals surface area contributed by atoms with Gasteiger partial charge in [0.25, 0.3) is 0 Å². The zero-order valence-electron chi connectivity index (χ0n) is 14.9. The summed E-state index contributed by atoms with van der Waals surface area (Å²) in [7, 11) is 0. The smallest absolute Gasteiger partial charge is 0.319 e. The van der Waals surface area contributed by atoms with Crippen molar-refractivity contribution in [3.63, 3.8) is 0 Å². The Balaban J connectivity index is 1.63. The first-order chi connectivity index (χ1) is 12.7. The van der Waals surface area contributed by atoms with E-state index < -0.39 is 0 Å². The fourth-order valence-corrected chi connectivity index (χ4v) is 5.83. The first kappa shape index (κ1) is 17.8. The molecule has 2 unspecified atom stereocenters. The lowest BCUT2D eigenvalue weighted by atomic mass is 9.87. The maximum atomic E-state index is 11.8. The largest absolute Gasteiger partial charge is 0.465 e. The van der Waals surface area contributed by atoms with Crippen molar-refractivity contribution in [2.24, 2.45) is 5.92 Å². The van der Waals surface area contributed by atoms with Crippen molar-refractivity contribution >= 4 is 29.1 Å². The zero-order chi connectivity index (χ0) is 18.1. The van der Waals surface area contributed by atoms with E-state index in [9.17, 15) is 4.79 Å². The van der Waals surface area contributed by atoms with Gasteiger partial charge in [0, 0.05) is 17.8 Å². The molecule has 5 nitrogen and oxygen atoms in total. The van der Waals surface area contributed by atoms with Gasteiger partial charge in [-0.2, -0.15) is 0 Å². The molecule has 1 aliphatic heterocycles. The van der Waals surface area contributed by atoms with Gasteiger partial charge in [-0.05, 0) is 36.8 Å². The molecule has 138 valence electrons. The first-order valence-corrected chi connectivity index (χ1v) is 10.9. The van der Waals surface area contributed by atoms with Gasteiger partial charge in [-0.15, -0.1) is 28.1 Å². The lowest BCUT2D eigenvalue weighted by Gasteiger charge is -2.19. The number of hydrogen-bond donors (Lipinski definition) is 0. The number of hydrogen-bond acceptors (Lipinski definition) is 6. The van der Waals surface area contributed by atoms with Gasteiger partial charge < -0.3 is 4.74 Å². The molecule has 0 saturated carbocycles. The van der Waals surface area contributed by atoms with Crippen molar-refractivity contribution in [1.82, 2.24) is 14.8 Å². The third-order valence-electron chi connectivity index (χ3n) is 5.15. The Labute approximate surface area is 161 Å². The van der Waals surface area contributed by atoms with Crippen LogP contribution in [0.25, 0.3) is 10.7 Å². The third-order valence-corrected chi connectivity index (χ3v) is 7.60. The summed E-state index contributed by atoms with van der Waals surface area (Å²) in [6, 6.07) is 2.30. The lowest BCUT2D eigenvalue weighted by Crippen LogP contribution is -2.11. The SMILES string of the molecule is C=CCn1c(SC2CCOC2=O)nnc1-c1cc2c(s1)CCC(CC)C2. The number of aromatic nitrogens is 3. The molecule has 1 aliphatic carbocycles. The second kappa shape index (κ2) is 7.56. The number of ether oxygens (including phenoxy) is 1. The first-order valence-electron chi connectivity index (χ1n) is 9.19. The van der Waals surface area contributed by atoms with Gasteiger partial charge in [0.1, 0.15) is 5.25 Å². The minimum atomic E-state index is -0.183. The van der Waals surface area contributed by atoms with Crippen molar-refractivity contribution in [3.8, 4) is 10.7 Å². The van der Waals surface area contributed by atoms with E-state index in [1.54, 1.807) is 0 Å². The van der Waals surface area contributed by atoms with Gasteiger partial charge in [-0.1, -0.05) is 31.2 Å². The summed E-state index contributed by atoms with van der Waals surface area (Å²) in [5.41, 5.74) is 1.48. The maximum absolute atomic E-state index is 11.8. The van der Waals surface area contributed by atoms with Gasteiger partial charge in [0.05, 0.1) is 11.5 Å². The standard InChI is InChI=1S/C19H23N3O2S2/c1-3-8-22-17(20-21-19(22)26-15-7-9-24-18(15)23)16-11-13-10-12(4-2)5-6-14(13)25-16/h3,11-12,15H,1,4-10H2,2H3. The van der Waals surface area contributed by atoms with Crippen LogP contribution in [0.5, 0.6) is 0 Å². The molecule has 2 aromatic heterocycles. The Morgan fingerprint density at radius 3 is 3.08 bits per heavy atom. The summed E-state index contributed by atoms with van der Waals surface area (Å²) in [5, 5.41) is 9.41. The number of carbonyl (C=O) groups excluding carboxylic acids is 1. The predicted octanol–water partition coefficient (Wildman–Crippen LogP) is 4.12. The quantitative estimate of drug-likeness (QED) is 0.550. The van der Waals surface area contributed by atoms with Crippen LogP contribution in [-0.4, -0.2) is 32.6 Å². The highest BCUT2D eigenvalue weighted by atomic mass is 32.2. The van der Waals surface area contributed by atoms with E-state index >= 15 is 0 Å². The van der Waals surface area contributed by atoms with E-state index in [-0.39, 0.29) is 11.2 Å². The number of nitrogens with zero attached hydrogens (tertiary/aromatic N) is 3. The molecular weight excluding hydrogens is 366 g/mol. The number of esters is 1. The number of rotatable bonds is 6. The van der Waals surface area contributed by atoms with E-state index in [4.69, 9.17) is 4.74 Å². The Bertz CT molecular complexity index is 827. The number of allylic oxidation sites excluding steroid dienone is 1. The second-order valence-corrected chi connectivity index (χ2v) is 9.15. The Morgan fingerprint density at radius 1 is 1.46 bits per heavy atom. The fraction of sp³-hybridized carbons (Fsp3) is 0.526. The molecule has 0 aromatic carbocycles. The monoisotopic (exact) mass is 389 g/mol. The van der Waals surface area contributed by atoms with Crippen LogP contribution in [0.15, 0.2) is 23.9 Å². The molecule has 2 aromatic rings. The highest BCUT2D eigenvalue weighted by Crippen LogP contribution is 2.39. The van der Waals surface area contributed by atoms with Gasteiger partial charge in [-0.3, -0.25) is 9.36 Å². The van der Waals surface area contributed by atoms with Crippen LogP contribution in [0.3, 0.4) is 0 Å². The molecule has 26 heavy (non-hydrogen) atoms. The van der Waals surface area contributed by atoms with Crippen LogP contribution in [-0.2, 0) is 28.9 Å². The normalized spacial score (nSPS) is 22.3. The Morgan fingerprint density at radius 2 is 2.35 bits per heavy atom. The van der Waals surface area contributed by atoms with Crippen molar-refractivity contribution in [2.75, 3.05) is 6.61 Å². The van der Waals surface area contributed by atoms with Crippen LogP contribution in [0.1, 0.15) is 36.6 Å². The highest BCUT2D eigenvalue weighted by molar-refractivity contribution is 8.00. The minimum absolute atomic E-state index is 0.151. The van der Waals surface area contributed by atoms with Crippen LogP contribution in [0, 0.1) is 5.92 Å². The Kier molecular flexibility index (Phi) is 5.18. The molecule has 1 saturated heterocycles. The van der Waals surface area contributed by atoms with Crippen molar-refractivity contribution < 1.29 is 9.53 Å². The average Bonchev–Trinajstić information content (AvgIpc) is 3.34. The van der Waals surface area contributed by atoms with Crippen molar-refractivity contribution in [1.29, 1.82) is 0 Å². The summed E-state index contributed by atoms with van der Waals surface area (Å²) >= 11 is 3.29. The fourth-order valence-electron chi connectivity index (χ4n) is 3.62. The molecule has 0 bridgehead atoms. The minimum Gasteiger partial charge on any atom is -0.465 e. The predicted molar refractivity (Wildman–Crippen MR) is 105 cm³/mol. The van der Waals surface area contributed by atoms with Crippen LogP contribution in [0.2, 0.25) is 0 Å². The van der Waals surface area contributed by atoms with Crippen molar-refractivity contribution in [2.45, 2.75) is 56.0 Å². The van der Waals surface area contributed by atoms with E-state index in [2.05, 4.69) is 34.3 Å². The molecule has 1 fully saturated rings. The third kappa shape index (κ3) is 3.34. The van der Waals surface area contributed by atoms with Gasteiger partial charge in [0.15, 0.2) is 11.0 Å². The molecule has 0 N–H and O–H groups in total. The number of thioether (sulfide) groups is 1. The number of thiophene rings is 1. The van der Waals surface area contributed by atoms with Crippen LogP contribution >= 0.6 is 23.1 Å². The molecule has 2 atom stereocenters. The zero-order valence-corrected chi connectivity index (χ0v) is 16.6. The van der Waals surface area contributed by atoms with Crippen LogP contribution in [0.4, 0.5) is 0 Å². The molecule has 0 spiro atoms. The van der Waals surface area contributed by atoms with Crippen molar-refractivity contribution in [3.05, 3.63) is 29.2 Å². The summed E-state index contributed by atoms with van der Waals surface area (Å²) in [5.74, 6) is 1.53. The topological polar surface area (TPSA) is 57.0 Å². The number of fused-ring (bicyclic) bond motifs is 1. The number of aryl methyl sites for hydroxylation is 1. The lowest BCUT2D eigenvalue weighted by molar-refractivity contribution is -0.137. The summed E-state index contributed by atoms with van der Waals surface area (Å²) in [6.45, 7) is 7.28. The number of cyclic esters (lactones) is 1. The van der Waals surface area contributed by atoms with E-state index in [0.29, 0.717) is 13.2 Å². The van der Waals surface area contributed by atoms with E-state index in [1.807, 2.05) is 17.4 Å². The molecule has 0 amide bonds.